The number of para-hydroxylation sites is 2. The molecule has 0 aliphatic carbocycles. The lowest BCUT2D eigenvalue weighted by Gasteiger charge is -2.25. The highest BCUT2D eigenvalue weighted by atomic mass is 16.1. The van der Waals surface area contributed by atoms with Crippen LogP contribution in [-0.2, 0) is 11.2 Å². The van der Waals surface area contributed by atoms with Gasteiger partial charge in [-0.25, -0.2) is 0 Å². The zero-order valence-electron chi connectivity index (χ0n) is 14.6. The highest BCUT2D eigenvalue weighted by Crippen LogP contribution is 2.18. The summed E-state index contributed by atoms with van der Waals surface area (Å²) in [5.74, 6) is 0.0686. The molecule has 0 unspecified atom stereocenters. The van der Waals surface area contributed by atoms with E-state index in [-0.39, 0.29) is 5.91 Å². The lowest BCUT2D eigenvalue weighted by Crippen LogP contribution is -2.35. The number of carbonyl (C=O) groups is 1. The smallest absolute Gasteiger partial charge is 0.220 e. The predicted molar refractivity (Wildman–Crippen MR) is 101 cm³/mol. The molecule has 3 N–H and O–H groups in total. The van der Waals surface area contributed by atoms with Gasteiger partial charge in [-0.05, 0) is 43.5 Å². The SMILES string of the molecule is CCN(CCNC(=O)CCc1ccccc1N)c1ccccc1C. The molecule has 0 heterocycles. The highest BCUT2D eigenvalue weighted by molar-refractivity contribution is 5.76. The normalized spacial score (nSPS) is 10.4. The summed E-state index contributed by atoms with van der Waals surface area (Å²) in [6.07, 6.45) is 1.14. The number of benzene rings is 2. The number of nitrogen functional groups attached to an aromatic ring is 1. The molecule has 0 aliphatic rings. The maximum atomic E-state index is 12.0. The van der Waals surface area contributed by atoms with Gasteiger partial charge in [0.15, 0.2) is 0 Å². The van der Waals surface area contributed by atoms with Crippen LogP contribution in [0.5, 0.6) is 0 Å². The number of nitrogens with one attached hydrogen (secondary N) is 1. The van der Waals surface area contributed by atoms with E-state index in [9.17, 15) is 4.79 Å². The number of amides is 1. The Balaban J connectivity index is 1.77. The van der Waals surface area contributed by atoms with Gasteiger partial charge in [0, 0.05) is 37.4 Å². The van der Waals surface area contributed by atoms with Crippen LogP contribution in [0.3, 0.4) is 0 Å². The van der Waals surface area contributed by atoms with Crippen LogP contribution in [0.4, 0.5) is 11.4 Å². The Hall–Kier alpha value is -2.49. The second kappa shape index (κ2) is 8.96. The van der Waals surface area contributed by atoms with E-state index in [0.29, 0.717) is 19.4 Å². The summed E-state index contributed by atoms with van der Waals surface area (Å²) < 4.78 is 0. The van der Waals surface area contributed by atoms with Crippen molar-refractivity contribution in [1.82, 2.24) is 5.32 Å². The predicted octanol–water partition coefficient (Wildman–Crippen LogP) is 3.15. The summed E-state index contributed by atoms with van der Waals surface area (Å²) in [4.78, 5) is 14.3. The van der Waals surface area contributed by atoms with Crippen molar-refractivity contribution < 1.29 is 4.79 Å². The lowest BCUT2D eigenvalue weighted by molar-refractivity contribution is -0.120. The molecule has 4 heteroatoms. The molecule has 0 atom stereocenters. The van der Waals surface area contributed by atoms with Crippen molar-refractivity contribution in [2.75, 3.05) is 30.3 Å². The summed E-state index contributed by atoms with van der Waals surface area (Å²) in [6, 6.07) is 16.0. The van der Waals surface area contributed by atoms with E-state index in [0.717, 1.165) is 24.3 Å². The molecular weight excluding hydrogens is 298 g/mol. The average Bonchev–Trinajstić information content (AvgIpc) is 2.59. The van der Waals surface area contributed by atoms with E-state index in [1.165, 1.54) is 11.3 Å². The number of aryl methyl sites for hydroxylation is 2. The second-order valence-electron chi connectivity index (χ2n) is 5.91. The number of hydrogen-bond acceptors (Lipinski definition) is 3. The second-order valence-corrected chi connectivity index (χ2v) is 5.91. The number of carbonyl (C=O) groups excluding carboxylic acids is 1. The molecule has 2 rings (SSSR count). The molecule has 0 radical (unpaired) electrons. The number of rotatable bonds is 8. The summed E-state index contributed by atoms with van der Waals surface area (Å²) in [5.41, 5.74) is 10.2. The van der Waals surface area contributed by atoms with E-state index in [4.69, 9.17) is 5.73 Å². The van der Waals surface area contributed by atoms with Crippen LogP contribution < -0.4 is 16.0 Å². The molecule has 0 saturated carbocycles. The number of hydrogen-bond donors (Lipinski definition) is 2. The summed E-state index contributed by atoms with van der Waals surface area (Å²) in [6.45, 7) is 6.61. The largest absolute Gasteiger partial charge is 0.399 e. The average molecular weight is 325 g/mol. The van der Waals surface area contributed by atoms with Crippen molar-refractivity contribution in [2.45, 2.75) is 26.7 Å². The van der Waals surface area contributed by atoms with Crippen LogP contribution >= 0.6 is 0 Å². The monoisotopic (exact) mass is 325 g/mol. The molecule has 0 bridgehead atoms. The topological polar surface area (TPSA) is 58.4 Å². The van der Waals surface area contributed by atoms with Crippen LogP contribution in [0.25, 0.3) is 0 Å². The first-order valence-corrected chi connectivity index (χ1v) is 8.52. The maximum absolute atomic E-state index is 12.0. The van der Waals surface area contributed by atoms with Crippen molar-refractivity contribution in [3.8, 4) is 0 Å². The van der Waals surface area contributed by atoms with Gasteiger partial charge in [-0.15, -0.1) is 0 Å². The van der Waals surface area contributed by atoms with Crippen LogP contribution in [0.15, 0.2) is 48.5 Å². The summed E-state index contributed by atoms with van der Waals surface area (Å²) >= 11 is 0. The van der Waals surface area contributed by atoms with Gasteiger partial charge in [0.05, 0.1) is 0 Å². The number of likely N-dealkylation sites (N-methyl/N-ethyl adjacent to an activating group) is 1. The van der Waals surface area contributed by atoms with Crippen molar-refractivity contribution in [1.29, 1.82) is 0 Å². The zero-order valence-corrected chi connectivity index (χ0v) is 14.6. The molecule has 0 aliphatic heterocycles. The van der Waals surface area contributed by atoms with E-state index >= 15 is 0 Å². The van der Waals surface area contributed by atoms with Gasteiger partial charge in [0.2, 0.25) is 5.91 Å². The van der Waals surface area contributed by atoms with E-state index in [1.54, 1.807) is 0 Å². The van der Waals surface area contributed by atoms with Crippen LogP contribution in [-0.4, -0.2) is 25.5 Å². The lowest BCUT2D eigenvalue weighted by atomic mass is 10.1. The molecule has 2 aromatic rings. The van der Waals surface area contributed by atoms with Gasteiger partial charge in [-0.2, -0.15) is 0 Å². The first-order valence-electron chi connectivity index (χ1n) is 8.52. The first kappa shape index (κ1) is 17.9. The molecule has 0 aromatic heterocycles. The van der Waals surface area contributed by atoms with Crippen molar-refractivity contribution in [3.05, 3.63) is 59.7 Å². The Kier molecular flexibility index (Phi) is 6.67. The zero-order chi connectivity index (χ0) is 17.4. The quantitative estimate of drug-likeness (QED) is 0.733. The van der Waals surface area contributed by atoms with Gasteiger partial charge >= 0.3 is 0 Å². The Morgan fingerprint density at radius 2 is 1.83 bits per heavy atom. The van der Waals surface area contributed by atoms with E-state index in [1.807, 2.05) is 36.4 Å². The third kappa shape index (κ3) is 5.01. The Labute approximate surface area is 144 Å². The van der Waals surface area contributed by atoms with Gasteiger partial charge in [-0.3, -0.25) is 4.79 Å². The van der Waals surface area contributed by atoms with Gasteiger partial charge in [0.25, 0.3) is 0 Å². The van der Waals surface area contributed by atoms with E-state index in [2.05, 4.69) is 36.2 Å². The molecule has 128 valence electrons. The Bertz CT molecular complexity index is 669. The number of anilines is 2. The Morgan fingerprint density at radius 3 is 2.54 bits per heavy atom. The Morgan fingerprint density at radius 1 is 1.12 bits per heavy atom. The third-order valence-electron chi connectivity index (χ3n) is 4.22. The molecule has 0 saturated heterocycles. The van der Waals surface area contributed by atoms with Crippen molar-refractivity contribution in [2.24, 2.45) is 0 Å². The summed E-state index contributed by atoms with van der Waals surface area (Å²) in [7, 11) is 0. The molecular formula is C20H27N3O. The van der Waals surface area contributed by atoms with E-state index < -0.39 is 0 Å². The molecule has 4 nitrogen and oxygen atoms in total. The molecule has 1 amide bonds. The van der Waals surface area contributed by atoms with Crippen LogP contribution in [0.2, 0.25) is 0 Å². The molecule has 0 spiro atoms. The minimum absolute atomic E-state index is 0.0686. The van der Waals surface area contributed by atoms with Crippen molar-refractivity contribution >= 4 is 17.3 Å². The highest BCUT2D eigenvalue weighted by Gasteiger charge is 2.08. The molecule has 2 aromatic carbocycles. The minimum atomic E-state index is 0.0686. The van der Waals surface area contributed by atoms with Crippen LogP contribution in [0, 0.1) is 6.92 Å². The minimum Gasteiger partial charge on any atom is -0.399 e. The maximum Gasteiger partial charge on any atom is 0.220 e. The third-order valence-corrected chi connectivity index (χ3v) is 4.22. The molecule has 24 heavy (non-hydrogen) atoms. The van der Waals surface area contributed by atoms with Gasteiger partial charge < -0.3 is 16.0 Å². The van der Waals surface area contributed by atoms with Gasteiger partial charge in [-0.1, -0.05) is 36.4 Å². The first-order chi connectivity index (χ1) is 11.6. The fourth-order valence-electron chi connectivity index (χ4n) is 2.80. The fourth-order valence-corrected chi connectivity index (χ4v) is 2.80. The number of nitrogens with zero attached hydrogens (tertiary/aromatic N) is 1. The fraction of sp³-hybridized carbons (Fsp3) is 0.350. The molecule has 0 fully saturated rings. The standard InChI is InChI=1S/C20H27N3O/c1-3-23(19-11-7-4-8-16(19)2)15-14-22-20(24)13-12-17-9-5-6-10-18(17)21/h4-11H,3,12-15,21H2,1-2H3,(H,22,24). The number of nitrogens with two attached hydrogens (primary N) is 1. The van der Waals surface area contributed by atoms with Crippen LogP contribution in [0.1, 0.15) is 24.5 Å². The van der Waals surface area contributed by atoms with Gasteiger partial charge in [0.1, 0.15) is 0 Å². The summed E-state index contributed by atoms with van der Waals surface area (Å²) in [5, 5.41) is 3.00. The van der Waals surface area contributed by atoms with Crippen molar-refractivity contribution in [3.63, 3.8) is 0 Å².